The van der Waals surface area contributed by atoms with Crippen molar-refractivity contribution < 1.29 is 0 Å². The second kappa shape index (κ2) is 6.74. The molecule has 0 radical (unpaired) electrons. The maximum Gasteiger partial charge on any atom is 0.267 e. The second-order valence-corrected chi connectivity index (χ2v) is 6.76. The van der Waals surface area contributed by atoms with Gasteiger partial charge in [-0.3, -0.25) is 4.79 Å². The van der Waals surface area contributed by atoms with E-state index < -0.39 is 0 Å². The molecule has 0 spiro atoms. The number of para-hydroxylation sites is 1. The van der Waals surface area contributed by atoms with Gasteiger partial charge in [0.15, 0.2) is 0 Å². The molecule has 1 aromatic carbocycles. The van der Waals surface area contributed by atoms with E-state index in [2.05, 4.69) is 30.9 Å². The molecule has 0 bridgehead atoms. The third kappa shape index (κ3) is 3.00. The highest BCUT2D eigenvalue weighted by Crippen LogP contribution is 2.24. The van der Waals surface area contributed by atoms with Gasteiger partial charge in [0.1, 0.15) is 18.0 Å². The van der Waals surface area contributed by atoms with Gasteiger partial charge in [-0.2, -0.15) is 5.10 Å². The molecule has 1 saturated heterocycles. The smallest absolute Gasteiger partial charge is 0.267 e. The molecular weight excluding hydrogens is 328 g/mol. The highest BCUT2D eigenvalue weighted by atomic mass is 16.1. The molecule has 1 fully saturated rings. The second-order valence-electron chi connectivity index (χ2n) is 6.76. The molecule has 1 aliphatic heterocycles. The molecule has 26 heavy (non-hydrogen) atoms. The molecule has 7 nitrogen and oxygen atoms in total. The lowest BCUT2D eigenvalue weighted by Crippen LogP contribution is -2.47. The number of piperazine rings is 1. The number of hydrogen-bond donors (Lipinski definition) is 0. The van der Waals surface area contributed by atoms with Crippen LogP contribution in [0.25, 0.3) is 10.9 Å². The predicted octanol–water partition coefficient (Wildman–Crippen LogP) is 2.09. The van der Waals surface area contributed by atoms with Crippen LogP contribution in [0.4, 0.5) is 11.6 Å². The number of benzene rings is 1. The predicted molar refractivity (Wildman–Crippen MR) is 103 cm³/mol. The first-order chi connectivity index (χ1) is 12.6. The summed E-state index contributed by atoms with van der Waals surface area (Å²) in [5.41, 5.74) is 0.903. The number of aromatic nitrogens is 4. The first kappa shape index (κ1) is 16.5. The number of rotatable bonds is 3. The van der Waals surface area contributed by atoms with E-state index >= 15 is 0 Å². The first-order valence-corrected chi connectivity index (χ1v) is 8.93. The van der Waals surface area contributed by atoms with Crippen LogP contribution in [0.1, 0.15) is 19.9 Å². The van der Waals surface area contributed by atoms with Crippen LogP contribution >= 0.6 is 0 Å². The monoisotopic (exact) mass is 350 g/mol. The van der Waals surface area contributed by atoms with Crippen LogP contribution in [-0.2, 0) is 0 Å². The Balaban J connectivity index is 1.54. The molecule has 0 saturated carbocycles. The van der Waals surface area contributed by atoms with Crippen molar-refractivity contribution in [3.63, 3.8) is 0 Å². The van der Waals surface area contributed by atoms with E-state index in [0.717, 1.165) is 48.7 Å². The van der Waals surface area contributed by atoms with Crippen LogP contribution in [0.15, 0.2) is 47.5 Å². The summed E-state index contributed by atoms with van der Waals surface area (Å²) in [6, 6.07) is 11.6. The van der Waals surface area contributed by atoms with Crippen LogP contribution in [0.3, 0.4) is 0 Å². The molecule has 4 rings (SSSR count). The van der Waals surface area contributed by atoms with E-state index in [1.165, 1.54) is 0 Å². The minimum absolute atomic E-state index is 0.0520. The fourth-order valence-electron chi connectivity index (χ4n) is 3.34. The zero-order valence-corrected chi connectivity index (χ0v) is 15.0. The van der Waals surface area contributed by atoms with Gasteiger partial charge >= 0.3 is 0 Å². The van der Waals surface area contributed by atoms with Gasteiger partial charge in [-0.25, -0.2) is 14.6 Å². The summed E-state index contributed by atoms with van der Waals surface area (Å²) < 4.78 is 1.54. The molecule has 1 aliphatic rings. The minimum atomic E-state index is -0.0603. The van der Waals surface area contributed by atoms with Crippen molar-refractivity contribution in [2.24, 2.45) is 0 Å². The number of fused-ring (bicyclic) bond motifs is 1. The van der Waals surface area contributed by atoms with Crippen LogP contribution in [-0.4, -0.2) is 45.9 Å². The highest BCUT2D eigenvalue weighted by Gasteiger charge is 2.21. The summed E-state index contributed by atoms with van der Waals surface area (Å²) in [7, 11) is 0. The zero-order chi connectivity index (χ0) is 18.1. The van der Waals surface area contributed by atoms with Crippen molar-refractivity contribution in [1.82, 2.24) is 19.7 Å². The molecule has 7 heteroatoms. The van der Waals surface area contributed by atoms with Gasteiger partial charge < -0.3 is 9.80 Å². The van der Waals surface area contributed by atoms with Crippen molar-refractivity contribution in [3.05, 3.63) is 53.1 Å². The molecule has 134 valence electrons. The fraction of sp³-hybridized carbons (Fsp3) is 0.368. The van der Waals surface area contributed by atoms with Gasteiger partial charge in [0.05, 0.1) is 11.6 Å². The largest absolute Gasteiger partial charge is 0.352 e. The quantitative estimate of drug-likeness (QED) is 0.721. The Hall–Kier alpha value is -2.96. The molecule has 3 aromatic rings. The minimum Gasteiger partial charge on any atom is -0.352 e. The average Bonchev–Trinajstić information content (AvgIpc) is 2.68. The van der Waals surface area contributed by atoms with E-state index in [-0.39, 0.29) is 11.6 Å². The molecule has 0 N–H and O–H groups in total. The van der Waals surface area contributed by atoms with E-state index in [4.69, 9.17) is 0 Å². The Morgan fingerprint density at radius 1 is 0.923 bits per heavy atom. The fourth-order valence-corrected chi connectivity index (χ4v) is 3.34. The topological polar surface area (TPSA) is 67.2 Å². The summed E-state index contributed by atoms with van der Waals surface area (Å²) in [6.07, 6.45) is 1.63. The van der Waals surface area contributed by atoms with E-state index in [1.54, 1.807) is 17.1 Å². The van der Waals surface area contributed by atoms with Crippen molar-refractivity contribution in [3.8, 4) is 0 Å². The van der Waals surface area contributed by atoms with Crippen molar-refractivity contribution in [2.75, 3.05) is 36.0 Å². The Morgan fingerprint density at radius 3 is 2.42 bits per heavy atom. The molecule has 3 heterocycles. The van der Waals surface area contributed by atoms with Crippen LogP contribution in [0.2, 0.25) is 0 Å². The van der Waals surface area contributed by atoms with Gasteiger partial charge in [0, 0.05) is 37.6 Å². The molecule has 0 aliphatic carbocycles. The first-order valence-electron chi connectivity index (χ1n) is 8.93. The Morgan fingerprint density at radius 2 is 1.65 bits per heavy atom. The molecule has 2 aromatic heterocycles. The van der Waals surface area contributed by atoms with Crippen LogP contribution in [0.5, 0.6) is 0 Å². The van der Waals surface area contributed by atoms with Gasteiger partial charge in [-0.15, -0.1) is 0 Å². The highest BCUT2D eigenvalue weighted by molar-refractivity contribution is 5.89. The summed E-state index contributed by atoms with van der Waals surface area (Å²) >= 11 is 0. The van der Waals surface area contributed by atoms with Gasteiger partial charge in [-0.05, 0) is 32.0 Å². The summed E-state index contributed by atoms with van der Waals surface area (Å²) in [5, 5.41) is 5.61. The third-order valence-corrected chi connectivity index (χ3v) is 4.73. The van der Waals surface area contributed by atoms with Crippen LogP contribution in [0, 0.1) is 0 Å². The van der Waals surface area contributed by atoms with Gasteiger partial charge in [0.25, 0.3) is 5.56 Å². The van der Waals surface area contributed by atoms with E-state index in [0.29, 0.717) is 0 Å². The van der Waals surface area contributed by atoms with E-state index in [1.807, 2.05) is 38.1 Å². The molecule has 0 unspecified atom stereocenters. The summed E-state index contributed by atoms with van der Waals surface area (Å²) in [6.45, 7) is 7.31. The standard InChI is InChI=1S/C19H22N6O/c1-14(2)25-18(26)8-7-17(22-25)23-9-11-24(12-10-23)19-15-5-3-4-6-16(15)20-13-21-19/h3-8,13-14H,9-12H2,1-2H3. The third-order valence-electron chi connectivity index (χ3n) is 4.73. The summed E-state index contributed by atoms with van der Waals surface area (Å²) in [5.74, 6) is 1.83. The Labute approximate surface area is 151 Å². The Bertz CT molecular complexity index is 970. The molecular formula is C19H22N6O. The maximum absolute atomic E-state index is 11.9. The van der Waals surface area contributed by atoms with Crippen molar-refractivity contribution in [2.45, 2.75) is 19.9 Å². The molecule has 0 atom stereocenters. The number of nitrogens with zero attached hydrogens (tertiary/aromatic N) is 6. The van der Waals surface area contributed by atoms with Crippen LogP contribution < -0.4 is 15.4 Å². The lowest BCUT2D eigenvalue weighted by molar-refractivity contribution is 0.497. The zero-order valence-electron chi connectivity index (χ0n) is 15.0. The Kier molecular flexibility index (Phi) is 4.28. The van der Waals surface area contributed by atoms with Gasteiger partial charge in [0.2, 0.25) is 0 Å². The van der Waals surface area contributed by atoms with Crippen molar-refractivity contribution in [1.29, 1.82) is 0 Å². The normalized spacial score (nSPS) is 15.0. The average molecular weight is 350 g/mol. The SMILES string of the molecule is CC(C)n1nc(N2CCN(c3ncnc4ccccc34)CC2)ccc1=O. The number of hydrogen-bond acceptors (Lipinski definition) is 6. The van der Waals surface area contributed by atoms with Gasteiger partial charge in [-0.1, -0.05) is 12.1 Å². The summed E-state index contributed by atoms with van der Waals surface area (Å²) in [4.78, 5) is 25.3. The molecule has 0 amide bonds. The lowest BCUT2D eigenvalue weighted by atomic mass is 10.2. The van der Waals surface area contributed by atoms with Crippen molar-refractivity contribution >= 4 is 22.5 Å². The van der Waals surface area contributed by atoms with E-state index in [9.17, 15) is 4.79 Å². The lowest BCUT2D eigenvalue weighted by Gasteiger charge is -2.36. The maximum atomic E-state index is 11.9. The number of anilines is 2.